The Morgan fingerprint density at radius 2 is 1.72 bits per heavy atom. The van der Waals surface area contributed by atoms with Crippen LogP contribution in [0.5, 0.6) is 11.6 Å². The maximum Gasteiger partial charge on any atom is 0.219 e. The minimum atomic E-state index is 0.362. The summed E-state index contributed by atoms with van der Waals surface area (Å²) in [6.45, 7) is 1.79. The summed E-state index contributed by atoms with van der Waals surface area (Å²) in [6.07, 6.45) is 0. The zero-order valence-corrected chi connectivity index (χ0v) is 11.6. The topological polar surface area (TPSA) is 48.1 Å². The van der Waals surface area contributed by atoms with E-state index >= 15 is 0 Å². The highest BCUT2D eigenvalue weighted by atomic mass is 35.5. The maximum absolute atomic E-state index is 6.00. The number of halogens is 3. The van der Waals surface area contributed by atoms with Gasteiger partial charge in [-0.05, 0) is 19.1 Å². The molecule has 0 fully saturated rings. The Balaban J connectivity index is 2.34. The van der Waals surface area contributed by atoms with Gasteiger partial charge in [-0.1, -0.05) is 34.8 Å². The van der Waals surface area contributed by atoms with Gasteiger partial charge in [0.15, 0.2) is 0 Å². The molecule has 6 heteroatoms. The Hall–Kier alpha value is -1.16. The fourth-order valence-corrected chi connectivity index (χ4v) is 1.88. The molecule has 0 bridgehead atoms. The number of rotatable bonds is 2. The second kappa shape index (κ2) is 5.22. The molecule has 0 atom stereocenters. The van der Waals surface area contributed by atoms with E-state index in [1.165, 1.54) is 6.07 Å². The van der Waals surface area contributed by atoms with E-state index in [4.69, 9.17) is 45.3 Å². The number of pyridine rings is 1. The number of hydrogen-bond donors (Lipinski definition) is 1. The fraction of sp³-hybridized carbons (Fsp3) is 0.0833. The van der Waals surface area contributed by atoms with Gasteiger partial charge in [-0.25, -0.2) is 4.98 Å². The van der Waals surface area contributed by atoms with E-state index in [1.54, 1.807) is 25.1 Å². The van der Waals surface area contributed by atoms with Gasteiger partial charge in [-0.15, -0.1) is 0 Å². The largest absolute Gasteiger partial charge is 0.437 e. The lowest BCUT2D eigenvalue weighted by Gasteiger charge is -2.09. The van der Waals surface area contributed by atoms with Crippen molar-refractivity contribution in [2.24, 2.45) is 0 Å². The van der Waals surface area contributed by atoms with Gasteiger partial charge in [0.05, 0.1) is 26.4 Å². The summed E-state index contributed by atoms with van der Waals surface area (Å²) in [7, 11) is 0. The molecule has 0 radical (unpaired) electrons. The van der Waals surface area contributed by atoms with Gasteiger partial charge in [-0.2, -0.15) is 0 Å². The van der Waals surface area contributed by atoms with Crippen LogP contribution in [0.1, 0.15) is 5.69 Å². The van der Waals surface area contributed by atoms with Crippen LogP contribution < -0.4 is 10.5 Å². The number of hydrogen-bond acceptors (Lipinski definition) is 3. The second-order valence-electron chi connectivity index (χ2n) is 3.62. The molecule has 2 N–H and O–H groups in total. The number of nitrogens with two attached hydrogens (primary N) is 1. The van der Waals surface area contributed by atoms with Crippen molar-refractivity contribution in [3.8, 4) is 11.6 Å². The maximum atomic E-state index is 6.00. The van der Waals surface area contributed by atoms with Gasteiger partial charge < -0.3 is 10.5 Å². The van der Waals surface area contributed by atoms with Crippen LogP contribution in [0.15, 0.2) is 24.3 Å². The summed E-state index contributed by atoms with van der Waals surface area (Å²) in [4.78, 5) is 4.18. The molecule has 1 aromatic heterocycles. The van der Waals surface area contributed by atoms with E-state index in [1.807, 2.05) is 0 Å². The van der Waals surface area contributed by atoms with Crippen LogP contribution in [0.25, 0.3) is 0 Å². The number of nitrogen functional groups attached to an aromatic ring is 1. The first-order valence-electron chi connectivity index (χ1n) is 5.03. The molecule has 2 aromatic rings. The normalized spacial score (nSPS) is 10.4. The van der Waals surface area contributed by atoms with Crippen LogP contribution >= 0.6 is 34.8 Å². The summed E-state index contributed by atoms with van der Waals surface area (Å²) in [6, 6.07) is 6.43. The Morgan fingerprint density at radius 3 is 2.39 bits per heavy atom. The quantitative estimate of drug-likeness (QED) is 0.816. The van der Waals surface area contributed by atoms with Gasteiger partial charge in [0.2, 0.25) is 5.88 Å². The lowest BCUT2D eigenvalue weighted by atomic mass is 10.3. The Kier molecular flexibility index (Phi) is 3.85. The van der Waals surface area contributed by atoms with E-state index < -0.39 is 0 Å². The van der Waals surface area contributed by atoms with Crippen molar-refractivity contribution in [2.75, 3.05) is 5.73 Å². The van der Waals surface area contributed by atoms with Crippen molar-refractivity contribution in [1.82, 2.24) is 4.98 Å². The molecule has 18 heavy (non-hydrogen) atoms. The standard InChI is InChI=1S/C12H9Cl3N2O/c1-6-10(16)2-3-12(17-6)18-11-5-8(14)7(13)4-9(11)15/h2-5H,16H2,1H3. The van der Waals surface area contributed by atoms with Crippen LogP contribution in [0.3, 0.4) is 0 Å². The highest BCUT2D eigenvalue weighted by Gasteiger charge is 2.09. The predicted molar refractivity (Wildman–Crippen MR) is 74.9 cm³/mol. The molecule has 0 aliphatic rings. The number of ether oxygens (including phenoxy) is 1. The minimum Gasteiger partial charge on any atom is -0.437 e. The van der Waals surface area contributed by atoms with Crippen molar-refractivity contribution in [1.29, 1.82) is 0 Å². The van der Waals surface area contributed by atoms with Gasteiger partial charge in [0, 0.05) is 12.1 Å². The van der Waals surface area contributed by atoms with Gasteiger partial charge >= 0.3 is 0 Å². The lowest BCUT2D eigenvalue weighted by molar-refractivity contribution is 0.462. The van der Waals surface area contributed by atoms with Crippen LogP contribution in [0.2, 0.25) is 15.1 Å². The lowest BCUT2D eigenvalue weighted by Crippen LogP contribution is -1.95. The molecule has 94 valence electrons. The average molecular weight is 304 g/mol. The van der Waals surface area contributed by atoms with Gasteiger partial charge in [0.25, 0.3) is 0 Å². The third kappa shape index (κ3) is 2.80. The minimum absolute atomic E-state index is 0.362. The fourth-order valence-electron chi connectivity index (χ4n) is 1.30. The van der Waals surface area contributed by atoms with Crippen LogP contribution in [-0.4, -0.2) is 4.98 Å². The SMILES string of the molecule is Cc1nc(Oc2cc(Cl)c(Cl)cc2Cl)ccc1N. The molecular formula is C12H9Cl3N2O. The van der Waals surface area contributed by atoms with Crippen molar-refractivity contribution in [3.05, 3.63) is 45.0 Å². The summed E-state index contributed by atoms with van der Waals surface area (Å²) in [5.41, 5.74) is 6.96. The van der Waals surface area contributed by atoms with E-state index in [0.29, 0.717) is 38.1 Å². The Labute approximate surface area is 119 Å². The molecule has 1 aromatic carbocycles. The van der Waals surface area contributed by atoms with Crippen molar-refractivity contribution in [2.45, 2.75) is 6.92 Å². The van der Waals surface area contributed by atoms with E-state index in [9.17, 15) is 0 Å². The molecule has 0 aliphatic carbocycles. The first-order chi connectivity index (χ1) is 8.47. The first kappa shape index (κ1) is 13.3. The molecule has 0 unspecified atom stereocenters. The predicted octanol–water partition coefficient (Wildman–Crippen LogP) is 4.72. The van der Waals surface area contributed by atoms with Crippen LogP contribution in [-0.2, 0) is 0 Å². The zero-order valence-electron chi connectivity index (χ0n) is 9.38. The summed E-state index contributed by atoms with van der Waals surface area (Å²) in [5, 5.41) is 1.10. The molecule has 0 spiro atoms. The second-order valence-corrected chi connectivity index (χ2v) is 4.84. The number of nitrogens with zero attached hydrogens (tertiary/aromatic N) is 1. The summed E-state index contributed by atoms with van der Waals surface area (Å²) < 4.78 is 5.54. The Morgan fingerprint density at radius 1 is 1.06 bits per heavy atom. The van der Waals surface area contributed by atoms with Gasteiger partial charge in [-0.3, -0.25) is 0 Å². The van der Waals surface area contributed by atoms with Crippen molar-refractivity contribution in [3.63, 3.8) is 0 Å². The van der Waals surface area contributed by atoms with Crippen LogP contribution in [0, 0.1) is 6.92 Å². The molecule has 2 rings (SSSR count). The number of aryl methyl sites for hydroxylation is 1. The van der Waals surface area contributed by atoms with E-state index in [-0.39, 0.29) is 0 Å². The zero-order chi connectivity index (χ0) is 13.3. The first-order valence-corrected chi connectivity index (χ1v) is 6.16. The summed E-state index contributed by atoms with van der Waals surface area (Å²) >= 11 is 17.7. The van der Waals surface area contributed by atoms with Crippen LogP contribution in [0.4, 0.5) is 5.69 Å². The number of benzene rings is 1. The third-order valence-corrected chi connectivity index (χ3v) is 3.31. The Bertz CT molecular complexity index is 602. The average Bonchev–Trinajstić information content (AvgIpc) is 2.31. The highest BCUT2D eigenvalue weighted by molar-refractivity contribution is 6.43. The molecule has 0 amide bonds. The third-order valence-electron chi connectivity index (χ3n) is 2.29. The number of aromatic nitrogens is 1. The summed E-state index contributed by atoms with van der Waals surface area (Å²) in [5.74, 6) is 0.782. The molecule has 0 aliphatic heterocycles. The van der Waals surface area contributed by atoms with E-state index in [0.717, 1.165) is 0 Å². The van der Waals surface area contributed by atoms with Gasteiger partial charge in [0.1, 0.15) is 5.75 Å². The molecule has 1 heterocycles. The molecule has 3 nitrogen and oxygen atoms in total. The smallest absolute Gasteiger partial charge is 0.219 e. The monoisotopic (exact) mass is 302 g/mol. The molecular weight excluding hydrogens is 295 g/mol. The van der Waals surface area contributed by atoms with E-state index in [2.05, 4.69) is 4.98 Å². The molecule has 0 saturated heterocycles. The number of anilines is 1. The van der Waals surface area contributed by atoms with Crippen molar-refractivity contribution >= 4 is 40.5 Å². The molecule has 0 saturated carbocycles. The highest BCUT2D eigenvalue weighted by Crippen LogP contribution is 2.36. The van der Waals surface area contributed by atoms with Crippen molar-refractivity contribution < 1.29 is 4.74 Å².